The van der Waals surface area contributed by atoms with Gasteiger partial charge in [0.05, 0.1) is 29.1 Å². The van der Waals surface area contributed by atoms with Gasteiger partial charge in [-0.05, 0) is 55.5 Å². The molecule has 0 bridgehead atoms. The van der Waals surface area contributed by atoms with Crippen molar-refractivity contribution < 1.29 is 14.3 Å². The number of aromatic nitrogens is 2. The molecule has 0 saturated carbocycles. The summed E-state index contributed by atoms with van der Waals surface area (Å²) in [6.07, 6.45) is 0. The Hall–Kier alpha value is -3.78. The summed E-state index contributed by atoms with van der Waals surface area (Å²) in [5.41, 5.74) is 3.61. The smallest absolute Gasteiger partial charge is 0.255 e. The molecule has 8 heteroatoms. The molecule has 2 amide bonds. The van der Waals surface area contributed by atoms with Crippen molar-refractivity contribution in [3.05, 3.63) is 78.4 Å². The zero-order valence-corrected chi connectivity index (χ0v) is 19.3. The molecular weight excluding hydrogens is 436 g/mol. The number of anilines is 2. The van der Waals surface area contributed by atoms with Gasteiger partial charge in [0.1, 0.15) is 5.75 Å². The monoisotopic (exact) mass is 460 g/mol. The Morgan fingerprint density at radius 2 is 1.67 bits per heavy atom. The van der Waals surface area contributed by atoms with Crippen molar-refractivity contribution >= 4 is 46.0 Å². The summed E-state index contributed by atoms with van der Waals surface area (Å²) >= 11 is 1.40. The Balaban J connectivity index is 1.38. The maximum atomic E-state index is 12.7. The van der Waals surface area contributed by atoms with Crippen LogP contribution in [0.5, 0.6) is 5.75 Å². The number of aryl methyl sites for hydroxylation is 1. The zero-order chi connectivity index (χ0) is 23.4. The van der Waals surface area contributed by atoms with Crippen molar-refractivity contribution in [2.75, 3.05) is 17.7 Å². The Labute approximate surface area is 196 Å². The maximum Gasteiger partial charge on any atom is 0.255 e. The summed E-state index contributed by atoms with van der Waals surface area (Å²) in [6, 6.07) is 21.8. The molecule has 4 rings (SSSR count). The number of hydrogen-bond donors (Lipinski definition) is 2. The van der Waals surface area contributed by atoms with Gasteiger partial charge in [0.25, 0.3) is 5.91 Å². The third-order valence-electron chi connectivity index (χ3n) is 5.17. The molecule has 0 spiro atoms. The average Bonchev–Trinajstić information content (AvgIpc) is 3.15. The van der Waals surface area contributed by atoms with Crippen molar-refractivity contribution in [3.8, 4) is 5.75 Å². The summed E-state index contributed by atoms with van der Waals surface area (Å²) < 4.78 is 7.25. The molecule has 0 unspecified atom stereocenters. The van der Waals surface area contributed by atoms with Gasteiger partial charge in [-0.3, -0.25) is 9.59 Å². The van der Waals surface area contributed by atoms with E-state index in [2.05, 4.69) is 15.6 Å². The van der Waals surface area contributed by atoms with E-state index < -0.39 is 0 Å². The molecule has 168 valence electrons. The predicted molar refractivity (Wildman–Crippen MR) is 132 cm³/mol. The quantitative estimate of drug-likeness (QED) is 0.381. The van der Waals surface area contributed by atoms with Crippen LogP contribution in [0.15, 0.2) is 78.0 Å². The minimum atomic E-state index is -0.353. The Morgan fingerprint density at radius 1 is 0.970 bits per heavy atom. The van der Waals surface area contributed by atoms with E-state index in [9.17, 15) is 9.59 Å². The Morgan fingerprint density at radius 3 is 2.39 bits per heavy atom. The SMILES string of the molecule is COc1ccccc1NC(=O)c1ccc(NC(=O)[C@@H](C)Sc2nc3ccccc3n2C)cc1. The molecular formula is C25H24N4O3S. The summed E-state index contributed by atoms with van der Waals surface area (Å²) in [5.74, 6) is 0.184. The van der Waals surface area contributed by atoms with Gasteiger partial charge >= 0.3 is 0 Å². The highest BCUT2D eigenvalue weighted by Crippen LogP contribution is 2.27. The van der Waals surface area contributed by atoms with Crippen LogP contribution in [0.2, 0.25) is 0 Å². The minimum Gasteiger partial charge on any atom is -0.495 e. The number of carbonyl (C=O) groups is 2. The van der Waals surface area contributed by atoms with E-state index in [1.807, 2.05) is 54.9 Å². The lowest BCUT2D eigenvalue weighted by Crippen LogP contribution is -2.23. The van der Waals surface area contributed by atoms with Crippen LogP contribution in [0.4, 0.5) is 11.4 Å². The highest BCUT2D eigenvalue weighted by Gasteiger charge is 2.19. The number of methoxy groups -OCH3 is 1. The van der Waals surface area contributed by atoms with Crippen molar-refractivity contribution in [2.24, 2.45) is 7.05 Å². The van der Waals surface area contributed by atoms with E-state index in [-0.39, 0.29) is 17.1 Å². The van der Waals surface area contributed by atoms with Gasteiger partial charge in [-0.25, -0.2) is 4.98 Å². The van der Waals surface area contributed by atoms with Crippen molar-refractivity contribution in [1.82, 2.24) is 9.55 Å². The second-order valence-electron chi connectivity index (χ2n) is 7.42. The Kier molecular flexibility index (Phi) is 6.65. The number of fused-ring (bicyclic) bond motifs is 1. The number of rotatable bonds is 7. The van der Waals surface area contributed by atoms with Gasteiger partial charge in [0.2, 0.25) is 5.91 Å². The zero-order valence-electron chi connectivity index (χ0n) is 18.5. The second kappa shape index (κ2) is 9.79. The van der Waals surface area contributed by atoms with Gasteiger partial charge in [-0.1, -0.05) is 36.0 Å². The summed E-state index contributed by atoms with van der Waals surface area (Å²) in [6.45, 7) is 1.84. The minimum absolute atomic E-state index is 0.140. The molecule has 33 heavy (non-hydrogen) atoms. The van der Waals surface area contributed by atoms with Crippen LogP contribution in [0.25, 0.3) is 11.0 Å². The van der Waals surface area contributed by atoms with Gasteiger partial charge in [0.15, 0.2) is 5.16 Å². The topological polar surface area (TPSA) is 85.2 Å². The number of ether oxygens (including phenoxy) is 1. The van der Waals surface area contributed by atoms with Gasteiger partial charge < -0.3 is 19.9 Å². The van der Waals surface area contributed by atoms with Crippen LogP contribution in [-0.4, -0.2) is 33.7 Å². The second-order valence-corrected chi connectivity index (χ2v) is 8.73. The van der Waals surface area contributed by atoms with Crippen molar-refractivity contribution in [1.29, 1.82) is 0 Å². The summed E-state index contributed by atoms with van der Waals surface area (Å²) in [7, 11) is 3.50. The fraction of sp³-hybridized carbons (Fsp3) is 0.160. The van der Waals surface area contributed by atoms with Gasteiger partial charge in [-0.2, -0.15) is 0 Å². The number of nitrogens with one attached hydrogen (secondary N) is 2. The molecule has 1 atom stereocenters. The molecule has 1 aromatic heterocycles. The maximum absolute atomic E-state index is 12.7. The van der Waals surface area contributed by atoms with Crippen molar-refractivity contribution in [2.45, 2.75) is 17.3 Å². The van der Waals surface area contributed by atoms with E-state index in [0.29, 0.717) is 22.7 Å². The number of hydrogen-bond acceptors (Lipinski definition) is 5. The van der Waals surface area contributed by atoms with Crippen molar-refractivity contribution in [3.63, 3.8) is 0 Å². The molecule has 0 aliphatic carbocycles. The first kappa shape index (κ1) is 22.4. The third-order valence-corrected chi connectivity index (χ3v) is 6.31. The van der Waals surface area contributed by atoms with E-state index in [0.717, 1.165) is 16.2 Å². The largest absolute Gasteiger partial charge is 0.495 e. The molecule has 4 aromatic rings. The molecule has 0 saturated heterocycles. The van der Waals surface area contributed by atoms with E-state index in [4.69, 9.17) is 4.74 Å². The van der Waals surface area contributed by atoms with Crippen LogP contribution >= 0.6 is 11.8 Å². The number of carbonyl (C=O) groups excluding carboxylic acids is 2. The molecule has 2 N–H and O–H groups in total. The number of imidazole rings is 1. The first-order valence-electron chi connectivity index (χ1n) is 10.4. The standard InChI is InChI=1S/C25H24N4O3S/c1-16(33-25-28-19-8-4-6-10-21(19)29(25)2)23(30)26-18-14-12-17(13-15-18)24(31)27-20-9-5-7-11-22(20)32-3/h4-16H,1-3H3,(H,26,30)(H,27,31)/t16-/m1/s1. The van der Waals surface area contributed by atoms with E-state index in [1.54, 1.807) is 43.5 Å². The van der Waals surface area contributed by atoms with Crippen LogP contribution in [0.3, 0.4) is 0 Å². The molecule has 3 aromatic carbocycles. The number of para-hydroxylation sites is 4. The lowest BCUT2D eigenvalue weighted by atomic mass is 10.2. The van der Waals surface area contributed by atoms with Crippen LogP contribution < -0.4 is 15.4 Å². The van der Waals surface area contributed by atoms with Gasteiger partial charge in [0, 0.05) is 18.3 Å². The fourth-order valence-corrected chi connectivity index (χ4v) is 4.22. The fourth-order valence-electron chi connectivity index (χ4n) is 3.33. The summed E-state index contributed by atoms with van der Waals surface area (Å²) in [5, 5.41) is 6.16. The number of thioether (sulfide) groups is 1. The highest BCUT2D eigenvalue weighted by molar-refractivity contribution is 8.00. The van der Waals surface area contributed by atoms with Crippen LogP contribution in [0, 0.1) is 0 Å². The molecule has 0 aliphatic rings. The Bertz CT molecular complexity index is 1300. The molecule has 0 radical (unpaired) electrons. The first-order chi connectivity index (χ1) is 16.0. The number of amides is 2. The third kappa shape index (κ3) is 5.01. The van der Waals surface area contributed by atoms with Crippen LogP contribution in [0.1, 0.15) is 17.3 Å². The molecule has 1 heterocycles. The molecule has 0 fully saturated rings. The van der Waals surface area contributed by atoms with Gasteiger partial charge in [-0.15, -0.1) is 0 Å². The lowest BCUT2D eigenvalue weighted by molar-refractivity contribution is -0.115. The average molecular weight is 461 g/mol. The van der Waals surface area contributed by atoms with E-state index >= 15 is 0 Å². The number of benzene rings is 3. The normalized spacial score (nSPS) is 11.7. The summed E-state index contributed by atoms with van der Waals surface area (Å²) in [4.78, 5) is 29.9. The number of nitrogens with zero attached hydrogens (tertiary/aromatic N) is 2. The predicted octanol–water partition coefficient (Wildman–Crippen LogP) is 4.95. The lowest BCUT2D eigenvalue weighted by Gasteiger charge is -2.13. The molecule has 7 nitrogen and oxygen atoms in total. The van der Waals surface area contributed by atoms with E-state index in [1.165, 1.54) is 11.8 Å². The first-order valence-corrected chi connectivity index (χ1v) is 11.3. The van der Waals surface area contributed by atoms with Crippen LogP contribution in [-0.2, 0) is 11.8 Å². The highest BCUT2D eigenvalue weighted by atomic mass is 32.2. The molecule has 0 aliphatic heterocycles.